The first kappa shape index (κ1) is 21.9. The van der Waals surface area contributed by atoms with Gasteiger partial charge in [-0.1, -0.05) is 23.9 Å². The van der Waals surface area contributed by atoms with Gasteiger partial charge in [-0.3, -0.25) is 9.78 Å². The van der Waals surface area contributed by atoms with E-state index in [2.05, 4.69) is 0 Å². The number of aromatic nitrogens is 1. The third-order valence-electron chi connectivity index (χ3n) is 5.86. The van der Waals surface area contributed by atoms with Crippen LogP contribution in [0.25, 0.3) is 17.0 Å². The molecule has 3 aromatic rings. The van der Waals surface area contributed by atoms with Crippen LogP contribution in [0.3, 0.4) is 0 Å². The lowest BCUT2D eigenvalue weighted by atomic mass is 10.0. The number of esters is 1. The van der Waals surface area contributed by atoms with Crippen molar-refractivity contribution in [2.45, 2.75) is 53.6 Å². The number of halogens is 1. The molecule has 2 heterocycles. The van der Waals surface area contributed by atoms with Gasteiger partial charge in [0.05, 0.1) is 30.8 Å². The van der Waals surface area contributed by atoms with Crippen molar-refractivity contribution in [3.05, 3.63) is 65.6 Å². The van der Waals surface area contributed by atoms with Crippen molar-refractivity contribution in [3.63, 3.8) is 0 Å². The Morgan fingerprint density at radius 2 is 2.09 bits per heavy atom. The highest BCUT2D eigenvalue weighted by Crippen LogP contribution is 2.46. The molecule has 2 fully saturated rings. The van der Waals surface area contributed by atoms with E-state index in [1.54, 1.807) is 13.2 Å². The second kappa shape index (κ2) is 9.15. The third-order valence-corrected chi connectivity index (χ3v) is 6.99. The van der Waals surface area contributed by atoms with E-state index in [-0.39, 0.29) is 12.2 Å². The topological polar surface area (TPSA) is 68.7 Å². The Morgan fingerprint density at radius 1 is 1.24 bits per heavy atom. The van der Waals surface area contributed by atoms with E-state index in [1.807, 2.05) is 36.4 Å². The SMILES string of the molecule is COc1cccc(Sc2c(/C=C/C3CC(O)CC(=O)O3)c(C3CC3)nc3ccc(F)cc23)c1. The van der Waals surface area contributed by atoms with E-state index < -0.39 is 18.2 Å². The van der Waals surface area contributed by atoms with Crippen molar-refractivity contribution in [1.82, 2.24) is 4.98 Å². The molecule has 2 unspecified atom stereocenters. The average molecular weight is 466 g/mol. The van der Waals surface area contributed by atoms with Crippen molar-refractivity contribution in [2.24, 2.45) is 0 Å². The molecular weight excluding hydrogens is 441 g/mol. The number of ether oxygens (including phenoxy) is 2. The summed E-state index contributed by atoms with van der Waals surface area (Å²) in [7, 11) is 1.63. The number of nitrogens with zero attached hydrogens (tertiary/aromatic N) is 1. The number of fused-ring (bicyclic) bond motifs is 1. The van der Waals surface area contributed by atoms with Gasteiger partial charge in [0.25, 0.3) is 0 Å². The molecule has 1 aliphatic carbocycles. The van der Waals surface area contributed by atoms with Crippen molar-refractivity contribution >= 4 is 34.7 Å². The van der Waals surface area contributed by atoms with Crippen molar-refractivity contribution in [2.75, 3.05) is 7.11 Å². The first-order valence-corrected chi connectivity index (χ1v) is 11.8. The number of benzene rings is 2. The standard InChI is InChI=1S/C26H24FNO4S/c1-31-18-3-2-4-20(14-18)33-26-21(9-8-19-12-17(29)13-24(30)32-19)25(15-5-6-15)28-23-10-7-16(27)11-22(23)26/h2-4,7-11,14-15,17,19,29H,5-6,12-13H2,1H3/b9-8+. The number of cyclic esters (lactones) is 1. The van der Waals surface area contributed by atoms with Crippen LogP contribution < -0.4 is 4.74 Å². The minimum absolute atomic E-state index is 0.0193. The lowest BCUT2D eigenvalue weighted by molar-refractivity contribution is -0.156. The van der Waals surface area contributed by atoms with Gasteiger partial charge in [-0.15, -0.1) is 0 Å². The molecule has 1 aromatic heterocycles. The lowest BCUT2D eigenvalue weighted by Crippen LogP contribution is -2.31. The maximum atomic E-state index is 14.3. The van der Waals surface area contributed by atoms with Gasteiger partial charge in [0.2, 0.25) is 0 Å². The minimum atomic E-state index is -0.710. The number of hydrogen-bond donors (Lipinski definition) is 1. The molecule has 2 atom stereocenters. The van der Waals surface area contributed by atoms with Gasteiger partial charge in [0, 0.05) is 33.1 Å². The van der Waals surface area contributed by atoms with Crippen LogP contribution in [0.4, 0.5) is 4.39 Å². The quantitative estimate of drug-likeness (QED) is 0.486. The second-order valence-electron chi connectivity index (χ2n) is 8.44. The minimum Gasteiger partial charge on any atom is -0.497 e. The number of aliphatic hydroxyl groups excluding tert-OH is 1. The number of aliphatic hydroxyl groups is 1. The summed E-state index contributed by atoms with van der Waals surface area (Å²) >= 11 is 1.53. The van der Waals surface area contributed by atoms with Gasteiger partial charge in [0.15, 0.2) is 0 Å². The van der Waals surface area contributed by atoms with Crippen LogP contribution in [-0.2, 0) is 9.53 Å². The number of carbonyl (C=O) groups is 1. The van der Waals surface area contributed by atoms with Gasteiger partial charge in [-0.05, 0) is 55.3 Å². The Bertz CT molecular complexity index is 1240. The van der Waals surface area contributed by atoms with Gasteiger partial charge in [-0.2, -0.15) is 0 Å². The highest BCUT2D eigenvalue weighted by Gasteiger charge is 2.30. The smallest absolute Gasteiger partial charge is 0.309 e. The molecule has 0 radical (unpaired) electrons. The Hall–Kier alpha value is -2.90. The molecule has 1 aliphatic heterocycles. The van der Waals surface area contributed by atoms with Crippen molar-refractivity contribution in [1.29, 1.82) is 0 Å². The maximum absolute atomic E-state index is 14.3. The fourth-order valence-corrected chi connectivity index (χ4v) is 5.20. The fraction of sp³-hybridized carbons (Fsp3) is 0.308. The molecule has 1 saturated heterocycles. The number of methoxy groups -OCH3 is 1. The molecule has 33 heavy (non-hydrogen) atoms. The zero-order chi connectivity index (χ0) is 22.9. The first-order valence-electron chi connectivity index (χ1n) is 11.0. The van der Waals surface area contributed by atoms with E-state index in [9.17, 15) is 14.3 Å². The zero-order valence-corrected chi connectivity index (χ0v) is 19.0. The normalized spacial score (nSPS) is 20.9. The Balaban J connectivity index is 1.63. The fourth-order valence-electron chi connectivity index (χ4n) is 4.09. The number of hydrogen-bond acceptors (Lipinski definition) is 6. The highest BCUT2D eigenvalue weighted by atomic mass is 32.2. The van der Waals surface area contributed by atoms with Crippen LogP contribution in [0.2, 0.25) is 0 Å². The molecule has 5 rings (SSSR count). The predicted octanol–water partition coefficient (Wildman–Crippen LogP) is 5.49. The monoisotopic (exact) mass is 465 g/mol. The van der Waals surface area contributed by atoms with Gasteiger partial charge in [0.1, 0.15) is 17.7 Å². The summed E-state index contributed by atoms with van der Waals surface area (Å²) in [4.78, 5) is 18.5. The van der Waals surface area contributed by atoms with Crippen LogP contribution in [0, 0.1) is 5.82 Å². The average Bonchev–Trinajstić information content (AvgIpc) is 3.63. The van der Waals surface area contributed by atoms with Crippen molar-refractivity contribution in [3.8, 4) is 5.75 Å². The molecule has 0 bridgehead atoms. The molecule has 2 aliphatic rings. The molecule has 2 aromatic carbocycles. The molecule has 1 saturated carbocycles. The van der Waals surface area contributed by atoms with Gasteiger partial charge in [-0.25, -0.2) is 4.39 Å². The summed E-state index contributed by atoms with van der Waals surface area (Å²) in [6.07, 6.45) is 5.00. The van der Waals surface area contributed by atoms with E-state index in [1.165, 1.54) is 23.9 Å². The molecular formula is C26H24FNO4S. The number of pyridine rings is 1. The molecule has 170 valence electrons. The summed E-state index contributed by atoms with van der Waals surface area (Å²) < 4.78 is 25.1. The first-order chi connectivity index (χ1) is 16.0. The van der Waals surface area contributed by atoms with Gasteiger partial charge >= 0.3 is 5.97 Å². The summed E-state index contributed by atoms with van der Waals surface area (Å²) in [6, 6.07) is 12.4. The molecule has 5 nitrogen and oxygen atoms in total. The number of carbonyl (C=O) groups excluding carboxylic acids is 1. The Morgan fingerprint density at radius 3 is 2.85 bits per heavy atom. The summed E-state index contributed by atoms with van der Waals surface area (Å²) in [5.74, 6) is 0.362. The largest absolute Gasteiger partial charge is 0.497 e. The molecule has 0 spiro atoms. The van der Waals surface area contributed by atoms with Crippen LogP contribution in [0.1, 0.15) is 42.9 Å². The third kappa shape index (κ3) is 4.89. The van der Waals surface area contributed by atoms with E-state index in [0.717, 1.165) is 50.5 Å². The van der Waals surface area contributed by atoms with E-state index >= 15 is 0 Å². The molecule has 7 heteroatoms. The summed E-state index contributed by atoms with van der Waals surface area (Å²) in [5, 5.41) is 10.7. The summed E-state index contributed by atoms with van der Waals surface area (Å²) in [6.45, 7) is 0. The van der Waals surface area contributed by atoms with E-state index in [0.29, 0.717) is 12.3 Å². The van der Waals surface area contributed by atoms with Crippen LogP contribution in [0.5, 0.6) is 5.75 Å². The Kier molecular flexibility index (Phi) is 6.08. The van der Waals surface area contributed by atoms with Crippen LogP contribution >= 0.6 is 11.8 Å². The maximum Gasteiger partial charge on any atom is 0.309 e. The van der Waals surface area contributed by atoms with Crippen LogP contribution in [-0.4, -0.2) is 35.4 Å². The van der Waals surface area contributed by atoms with Crippen molar-refractivity contribution < 1.29 is 23.8 Å². The molecule has 0 amide bonds. The lowest BCUT2D eigenvalue weighted by Gasteiger charge is -2.23. The van der Waals surface area contributed by atoms with E-state index in [4.69, 9.17) is 14.5 Å². The van der Waals surface area contributed by atoms with Crippen LogP contribution in [0.15, 0.2) is 58.3 Å². The zero-order valence-electron chi connectivity index (χ0n) is 18.2. The Labute approximate surface area is 195 Å². The van der Waals surface area contributed by atoms with Gasteiger partial charge < -0.3 is 14.6 Å². The molecule has 1 N–H and O–H groups in total. The second-order valence-corrected chi connectivity index (χ2v) is 9.52. The summed E-state index contributed by atoms with van der Waals surface area (Å²) in [5.41, 5.74) is 2.62. The number of rotatable bonds is 6. The highest BCUT2D eigenvalue weighted by molar-refractivity contribution is 7.99. The predicted molar refractivity (Wildman–Crippen MR) is 125 cm³/mol.